The Morgan fingerprint density at radius 3 is 2.86 bits per heavy atom. The van der Waals surface area contributed by atoms with Gasteiger partial charge in [0.2, 0.25) is 0 Å². The number of carbonyl (C=O) groups excluding carboxylic acids is 1. The molecule has 1 unspecified atom stereocenters. The summed E-state index contributed by atoms with van der Waals surface area (Å²) in [6.45, 7) is 0.343. The summed E-state index contributed by atoms with van der Waals surface area (Å²) in [5, 5.41) is 23.1. The Kier molecular flexibility index (Phi) is 4.74. The Bertz CT molecular complexity index is 882. The Balaban J connectivity index is 1.41. The van der Waals surface area contributed by atoms with E-state index in [4.69, 9.17) is 0 Å². The predicted molar refractivity (Wildman–Crippen MR) is 92.3 cm³/mol. The molecule has 150 valence electrons. The first-order chi connectivity index (χ1) is 13.3. The van der Waals surface area contributed by atoms with Gasteiger partial charge in [0.15, 0.2) is 5.82 Å². The number of fused-ring (bicyclic) bond motifs is 2. The molecule has 0 saturated carbocycles. The van der Waals surface area contributed by atoms with Gasteiger partial charge in [0.25, 0.3) is 0 Å². The molecule has 0 saturated heterocycles. The molecule has 1 aliphatic heterocycles. The van der Waals surface area contributed by atoms with Crippen molar-refractivity contribution in [1.82, 2.24) is 25.4 Å². The molecule has 2 heterocycles. The van der Waals surface area contributed by atoms with Crippen molar-refractivity contribution in [1.29, 1.82) is 0 Å². The van der Waals surface area contributed by atoms with Crippen molar-refractivity contribution in [3.8, 4) is 0 Å². The fourth-order valence-corrected chi connectivity index (χ4v) is 3.97. The van der Waals surface area contributed by atoms with E-state index in [-0.39, 0.29) is 24.6 Å². The van der Waals surface area contributed by atoms with E-state index in [9.17, 15) is 23.1 Å². The molecule has 0 bridgehead atoms. The monoisotopic (exact) mass is 395 g/mol. The van der Waals surface area contributed by atoms with Crippen LogP contribution in [-0.4, -0.2) is 38.2 Å². The number of rotatable bonds is 3. The van der Waals surface area contributed by atoms with Crippen molar-refractivity contribution in [3.63, 3.8) is 0 Å². The molecule has 1 aromatic heterocycles. The summed E-state index contributed by atoms with van der Waals surface area (Å²) >= 11 is 0. The minimum absolute atomic E-state index is 0.00543. The Hall–Kier alpha value is -2.62. The molecule has 2 aliphatic rings. The van der Waals surface area contributed by atoms with Gasteiger partial charge in [0.1, 0.15) is 11.7 Å². The number of carbonyl (C=O) groups is 1. The average Bonchev–Trinajstić information content (AvgIpc) is 3.20. The molecule has 0 spiro atoms. The van der Waals surface area contributed by atoms with Crippen molar-refractivity contribution in [2.24, 2.45) is 0 Å². The average molecular weight is 395 g/mol. The topological polar surface area (TPSA) is 92.1 Å². The minimum Gasteiger partial charge on any atom is -0.390 e. The van der Waals surface area contributed by atoms with Crippen LogP contribution in [0.2, 0.25) is 0 Å². The van der Waals surface area contributed by atoms with Gasteiger partial charge in [0.05, 0.1) is 18.7 Å². The number of nitrogens with zero attached hydrogens (tertiary/aromatic N) is 3. The van der Waals surface area contributed by atoms with Gasteiger partial charge >= 0.3 is 12.2 Å². The van der Waals surface area contributed by atoms with Crippen LogP contribution >= 0.6 is 0 Å². The highest BCUT2D eigenvalue weighted by Gasteiger charge is 2.45. The highest BCUT2D eigenvalue weighted by molar-refractivity contribution is 5.74. The van der Waals surface area contributed by atoms with Crippen LogP contribution < -0.4 is 10.6 Å². The smallest absolute Gasteiger partial charge is 0.390 e. The molecular weight excluding hydrogens is 375 g/mol. The second kappa shape index (κ2) is 7.08. The maximum atomic E-state index is 13.1. The van der Waals surface area contributed by atoms with Crippen LogP contribution in [0.4, 0.5) is 18.0 Å². The number of aromatic nitrogens is 3. The lowest BCUT2D eigenvalue weighted by atomic mass is 9.98. The first kappa shape index (κ1) is 18.7. The van der Waals surface area contributed by atoms with Crippen LogP contribution in [0.15, 0.2) is 24.3 Å². The molecule has 0 radical (unpaired) electrons. The van der Waals surface area contributed by atoms with E-state index in [1.54, 1.807) is 0 Å². The first-order valence-corrected chi connectivity index (χ1v) is 9.13. The van der Waals surface area contributed by atoms with Crippen LogP contribution in [0.1, 0.15) is 47.6 Å². The van der Waals surface area contributed by atoms with Gasteiger partial charge in [-0.25, -0.2) is 4.79 Å². The van der Waals surface area contributed by atoms with E-state index in [1.165, 1.54) is 4.57 Å². The third-order valence-corrected chi connectivity index (χ3v) is 5.33. The number of alkyl halides is 3. The molecule has 2 amide bonds. The minimum atomic E-state index is -4.36. The van der Waals surface area contributed by atoms with E-state index >= 15 is 0 Å². The zero-order valence-corrected chi connectivity index (χ0v) is 14.9. The molecule has 3 N–H and O–H groups in total. The first-order valence-electron chi connectivity index (χ1n) is 9.13. The summed E-state index contributed by atoms with van der Waals surface area (Å²) in [5.41, 5.74) is 1.84. The van der Waals surface area contributed by atoms with E-state index < -0.39 is 30.3 Å². The summed E-state index contributed by atoms with van der Waals surface area (Å²) in [6, 6.07) is 6.40. The highest BCUT2D eigenvalue weighted by atomic mass is 19.4. The van der Waals surface area contributed by atoms with Gasteiger partial charge in [-0.15, -0.1) is 10.2 Å². The number of hydrogen-bond acceptors (Lipinski definition) is 4. The molecule has 2 aromatic rings. The Labute approximate surface area is 159 Å². The number of benzene rings is 1. The lowest BCUT2D eigenvalue weighted by Crippen LogP contribution is -2.41. The van der Waals surface area contributed by atoms with Crippen molar-refractivity contribution in [2.45, 2.75) is 56.6 Å². The SMILES string of the molecule is O=C(NCc1nnc2n1CCCC2C(F)(F)F)N[C@@H]1c2ccccc2C[C@@H]1O. The van der Waals surface area contributed by atoms with Crippen LogP contribution in [0.3, 0.4) is 0 Å². The third-order valence-electron chi connectivity index (χ3n) is 5.33. The van der Waals surface area contributed by atoms with Crippen molar-refractivity contribution in [2.75, 3.05) is 0 Å². The number of amides is 2. The predicted octanol–water partition coefficient (Wildman–Crippen LogP) is 2.18. The summed E-state index contributed by atoms with van der Waals surface area (Å²) < 4.78 is 40.9. The number of hydrogen-bond donors (Lipinski definition) is 3. The van der Waals surface area contributed by atoms with Crippen molar-refractivity contribution in [3.05, 3.63) is 47.0 Å². The highest BCUT2D eigenvalue weighted by Crippen LogP contribution is 2.40. The van der Waals surface area contributed by atoms with Gasteiger partial charge in [0, 0.05) is 13.0 Å². The van der Waals surface area contributed by atoms with Crippen LogP contribution in [0.25, 0.3) is 0 Å². The number of urea groups is 1. The number of nitrogens with one attached hydrogen (secondary N) is 2. The fourth-order valence-electron chi connectivity index (χ4n) is 3.97. The maximum Gasteiger partial charge on any atom is 0.398 e. The molecule has 1 aromatic carbocycles. The number of aliphatic hydroxyl groups excluding tert-OH is 1. The Morgan fingerprint density at radius 1 is 1.29 bits per heavy atom. The molecular formula is C18H20F3N5O2. The second-order valence-corrected chi connectivity index (χ2v) is 7.14. The van der Waals surface area contributed by atoms with Crippen molar-refractivity contribution < 1.29 is 23.1 Å². The molecule has 1 aliphatic carbocycles. The normalized spacial score (nSPS) is 23.8. The number of halogens is 3. The molecule has 4 rings (SSSR count). The number of aliphatic hydroxyl groups is 1. The lowest BCUT2D eigenvalue weighted by molar-refractivity contribution is -0.156. The largest absolute Gasteiger partial charge is 0.398 e. The summed E-state index contributed by atoms with van der Waals surface area (Å²) in [4.78, 5) is 12.3. The van der Waals surface area contributed by atoms with Crippen LogP contribution in [0.5, 0.6) is 0 Å². The van der Waals surface area contributed by atoms with E-state index in [1.807, 2.05) is 24.3 Å². The van der Waals surface area contributed by atoms with Crippen LogP contribution in [-0.2, 0) is 19.5 Å². The molecule has 0 fully saturated rings. The van der Waals surface area contributed by atoms with Crippen LogP contribution in [0, 0.1) is 0 Å². The standard InChI is InChI=1S/C18H20F3N5O2/c19-18(20,21)12-6-3-7-26-14(24-25-16(12)26)9-22-17(28)23-15-11-5-2-1-4-10(11)8-13(15)27/h1-2,4-5,12-13,15,27H,3,6-9H2,(H2,22,23,28)/t12?,13-,15+/m0/s1. The van der Waals surface area contributed by atoms with Gasteiger partial charge < -0.3 is 20.3 Å². The van der Waals surface area contributed by atoms with Gasteiger partial charge in [-0.3, -0.25) is 0 Å². The third kappa shape index (κ3) is 3.44. The summed E-state index contributed by atoms with van der Waals surface area (Å²) in [5.74, 6) is -1.44. The fraction of sp³-hybridized carbons (Fsp3) is 0.500. The van der Waals surface area contributed by atoms with E-state index in [0.717, 1.165) is 11.1 Å². The molecule has 3 atom stereocenters. The summed E-state index contributed by atoms with van der Waals surface area (Å²) in [7, 11) is 0. The zero-order chi connectivity index (χ0) is 19.9. The molecule has 7 nitrogen and oxygen atoms in total. The van der Waals surface area contributed by atoms with Gasteiger partial charge in [-0.1, -0.05) is 24.3 Å². The zero-order valence-electron chi connectivity index (χ0n) is 14.9. The second-order valence-electron chi connectivity index (χ2n) is 7.14. The quantitative estimate of drug-likeness (QED) is 0.743. The van der Waals surface area contributed by atoms with E-state index in [0.29, 0.717) is 19.4 Å². The Morgan fingerprint density at radius 2 is 2.07 bits per heavy atom. The molecule has 28 heavy (non-hydrogen) atoms. The van der Waals surface area contributed by atoms with Gasteiger partial charge in [-0.05, 0) is 24.0 Å². The maximum absolute atomic E-state index is 13.1. The van der Waals surface area contributed by atoms with Crippen molar-refractivity contribution >= 4 is 6.03 Å². The summed E-state index contributed by atoms with van der Waals surface area (Å²) in [6.07, 6.45) is -4.26. The lowest BCUT2D eigenvalue weighted by Gasteiger charge is -2.25. The van der Waals surface area contributed by atoms with Gasteiger partial charge in [-0.2, -0.15) is 13.2 Å². The van der Waals surface area contributed by atoms with E-state index in [2.05, 4.69) is 20.8 Å². The molecule has 10 heteroatoms.